The van der Waals surface area contributed by atoms with Crippen LogP contribution >= 0.6 is 0 Å². The maximum absolute atomic E-state index is 11.2. The van der Waals surface area contributed by atoms with Gasteiger partial charge >= 0.3 is 0 Å². The predicted molar refractivity (Wildman–Crippen MR) is 96.8 cm³/mol. The number of benzene rings is 1. The minimum atomic E-state index is -2.86. The molecule has 2 aliphatic carbocycles. The molecule has 3 rings (SSSR count). The lowest BCUT2D eigenvalue weighted by atomic mass is 9.95. The first kappa shape index (κ1) is 20.4. The van der Waals surface area contributed by atoms with Gasteiger partial charge in [-0.05, 0) is 31.2 Å². The molecule has 0 aliphatic heterocycles. The fourth-order valence-corrected chi connectivity index (χ4v) is 4.95. The fourth-order valence-electron chi connectivity index (χ4n) is 2.68. The Morgan fingerprint density at radius 2 is 1.40 bits per heavy atom. The fraction of sp³-hybridized carbons (Fsp3) is 0.647. The highest BCUT2D eigenvalue weighted by molar-refractivity contribution is 7.91. The average molecular weight is 391 g/mol. The van der Waals surface area contributed by atoms with E-state index < -0.39 is 19.7 Å². The van der Waals surface area contributed by atoms with Crippen LogP contribution in [0.5, 0.6) is 0 Å². The van der Waals surface area contributed by atoms with E-state index in [0.29, 0.717) is 32.3 Å². The molecule has 6 nitrogen and oxygen atoms in total. The molecule has 0 atom stereocenters. The van der Waals surface area contributed by atoms with Crippen molar-refractivity contribution in [3.05, 3.63) is 35.9 Å². The molecule has 2 aliphatic rings. The lowest BCUT2D eigenvalue weighted by molar-refractivity contribution is -0.00641. The Morgan fingerprint density at radius 3 is 1.80 bits per heavy atom. The highest BCUT2D eigenvalue weighted by atomic mass is 32.2. The SMILES string of the molecule is CS(=O)(=O)C1CC(O)C1.CS(=O)(=O)C1CC(OCc2ccccc2)C1. The molecule has 0 bridgehead atoms. The second-order valence-electron chi connectivity index (χ2n) is 6.92. The summed E-state index contributed by atoms with van der Waals surface area (Å²) in [6.45, 7) is 0.571. The van der Waals surface area contributed by atoms with Gasteiger partial charge in [0.15, 0.2) is 19.7 Å². The van der Waals surface area contributed by atoms with E-state index in [1.54, 1.807) is 0 Å². The zero-order valence-corrected chi connectivity index (χ0v) is 16.2. The molecule has 0 radical (unpaired) electrons. The van der Waals surface area contributed by atoms with E-state index in [9.17, 15) is 16.8 Å². The molecule has 1 aromatic carbocycles. The number of sulfone groups is 2. The molecule has 142 valence electrons. The summed E-state index contributed by atoms with van der Waals surface area (Å²) in [7, 11) is -5.72. The minimum absolute atomic E-state index is 0.111. The summed E-state index contributed by atoms with van der Waals surface area (Å²) < 4.78 is 49.3. The van der Waals surface area contributed by atoms with Gasteiger partial charge in [-0.25, -0.2) is 16.8 Å². The Kier molecular flexibility index (Phi) is 6.64. The summed E-state index contributed by atoms with van der Waals surface area (Å²) in [6.07, 6.45) is 4.40. The Balaban J connectivity index is 0.000000212. The van der Waals surface area contributed by atoms with Crippen molar-refractivity contribution in [3.8, 4) is 0 Å². The van der Waals surface area contributed by atoms with E-state index in [4.69, 9.17) is 9.84 Å². The molecule has 1 aromatic rings. The van der Waals surface area contributed by atoms with Crippen LogP contribution in [0.1, 0.15) is 31.2 Å². The molecular formula is C17H26O6S2. The van der Waals surface area contributed by atoms with Crippen LogP contribution in [0.25, 0.3) is 0 Å². The minimum Gasteiger partial charge on any atom is -0.393 e. The van der Waals surface area contributed by atoms with Gasteiger partial charge in [-0.3, -0.25) is 0 Å². The third-order valence-electron chi connectivity index (χ3n) is 4.66. The van der Waals surface area contributed by atoms with Gasteiger partial charge in [-0.2, -0.15) is 0 Å². The van der Waals surface area contributed by atoms with Gasteiger partial charge in [0.2, 0.25) is 0 Å². The summed E-state index contributed by atoms with van der Waals surface area (Å²) in [4.78, 5) is 0. The van der Waals surface area contributed by atoms with E-state index in [-0.39, 0.29) is 22.7 Å². The molecule has 0 unspecified atom stereocenters. The van der Waals surface area contributed by atoms with Crippen LogP contribution in [0.2, 0.25) is 0 Å². The zero-order valence-electron chi connectivity index (χ0n) is 14.5. The maximum Gasteiger partial charge on any atom is 0.150 e. The van der Waals surface area contributed by atoms with Crippen LogP contribution in [0, 0.1) is 0 Å². The number of hydrogen-bond donors (Lipinski definition) is 1. The molecule has 0 spiro atoms. The van der Waals surface area contributed by atoms with Crippen molar-refractivity contribution < 1.29 is 26.7 Å². The van der Waals surface area contributed by atoms with Crippen LogP contribution in [-0.4, -0.2) is 57.2 Å². The molecule has 2 fully saturated rings. The molecule has 0 aromatic heterocycles. The molecule has 0 heterocycles. The van der Waals surface area contributed by atoms with E-state index in [1.165, 1.54) is 12.5 Å². The van der Waals surface area contributed by atoms with Crippen molar-refractivity contribution in [1.82, 2.24) is 0 Å². The summed E-state index contributed by atoms with van der Waals surface area (Å²) >= 11 is 0. The highest BCUT2D eigenvalue weighted by Crippen LogP contribution is 2.29. The third kappa shape index (κ3) is 6.36. The van der Waals surface area contributed by atoms with E-state index in [0.717, 1.165) is 5.56 Å². The highest BCUT2D eigenvalue weighted by Gasteiger charge is 2.36. The van der Waals surface area contributed by atoms with Crippen molar-refractivity contribution in [2.75, 3.05) is 12.5 Å². The van der Waals surface area contributed by atoms with E-state index >= 15 is 0 Å². The monoisotopic (exact) mass is 390 g/mol. The topological polar surface area (TPSA) is 97.7 Å². The van der Waals surface area contributed by atoms with Crippen molar-refractivity contribution in [1.29, 1.82) is 0 Å². The predicted octanol–water partition coefficient (Wildman–Crippen LogP) is 1.33. The first-order chi connectivity index (χ1) is 11.6. The number of ether oxygens (including phenoxy) is 1. The van der Waals surface area contributed by atoms with Crippen molar-refractivity contribution >= 4 is 19.7 Å². The number of aliphatic hydroxyl groups excluding tert-OH is 1. The maximum atomic E-state index is 11.2. The molecule has 25 heavy (non-hydrogen) atoms. The smallest absolute Gasteiger partial charge is 0.150 e. The first-order valence-corrected chi connectivity index (χ1v) is 12.2. The summed E-state index contributed by atoms with van der Waals surface area (Å²) in [5.74, 6) is 0. The van der Waals surface area contributed by atoms with Crippen LogP contribution in [-0.2, 0) is 31.0 Å². The van der Waals surface area contributed by atoms with Gasteiger partial charge in [0.1, 0.15) is 0 Å². The van der Waals surface area contributed by atoms with E-state index in [1.807, 2.05) is 30.3 Å². The van der Waals surface area contributed by atoms with Crippen LogP contribution in [0.15, 0.2) is 30.3 Å². The molecule has 0 saturated heterocycles. The second-order valence-corrected chi connectivity index (χ2v) is 11.6. The van der Waals surface area contributed by atoms with Gasteiger partial charge in [-0.1, -0.05) is 30.3 Å². The standard InChI is InChI=1S/C12H16O3S.C5H10O3S/c1-16(13,14)12-7-11(8-12)15-9-10-5-3-2-4-6-10;1-9(7,8)5-2-4(6)3-5/h2-6,11-12H,7-9H2,1H3;4-6H,2-3H2,1H3. The number of aliphatic hydroxyl groups is 1. The van der Waals surface area contributed by atoms with Crippen molar-refractivity contribution in [2.24, 2.45) is 0 Å². The van der Waals surface area contributed by atoms with Crippen LogP contribution in [0.3, 0.4) is 0 Å². The lowest BCUT2D eigenvalue weighted by Gasteiger charge is -2.33. The average Bonchev–Trinajstić information content (AvgIpc) is 2.41. The Bertz CT molecular complexity index is 746. The van der Waals surface area contributed by atoms with Gasteiger partial charge in [-0.15, -0.1) is 0 Å². The normalized spacial score (nSPS) is 28.9. The zero-order chi connectivity index (χ0) is 18.7. The van der Waals surface area contributed by atoms with Gasteiger partial charge < -0.3 is 9.84 Å². The molecular weight excluding hydrogens is 364 g/mol. The van der Waals surface area contributed by atoms with E-state index in [2.05, 4.69) is 0 Å². The molecule has 0 amide bonds. The number of hydrogen-bond acceptors (Lipinski definition) is 6. The Hall–Kier alpha value is -0.960. The first-order valence-electron chi connectivity index (χ1n) is 8.27. The lowest BCUT2D eigenvalue weighted by Crippen LogP contribution is -2.40. The van der Waals surface area contributed by atoms with Crippen LogP contribution < -0.4 is 0 Å². The van der Waals surface area contributed by atoms with Crippen molar-refractivity contribution in [3.63, 3.8) is 0 Å². The largest absolute Gasteiger partial charge is 0.393 e. The van der Waals surface area contributed by atoms with Crippen LogP contribution in [0.4, 0.5) is 0 Å². The van der Waals surface area contributed by atoms with Crippen molar-refractivity contribution in [2.45, 2.75) is 55.0 Å². The third-order valence-corrected chi connectivity index (χ3v) is 7.85. The number of rotatable bonds is 5. The molecule has 1 N–H and O–H groups in total. The molecule has 8 heteroatoms. The molecule has 2 saturated carbocycles. The second kappa shape index (κ2) is 8.16. The summed E-state index contributed by atoms with van der Waals surface area (Å²) in [6, 6.07) is 9.92. The summed E-state index contributed by atoms with van der Waals surface area (Å²) in [5.41, 5.74) is 1.13. The Morgan fingerprint density at radius 1 is 0.920 bits per heavy atom. The quantitative estimate of drug-likeness (QED) is 0.815. The van der Waals surface area contributed by atoms with Gasteiger partial charge in [0, 0.05) is 12.5 Å². The van der Waals surface area contributed by atoms with Gasteiger partial charge in [0.05, 0.1) is 29.3 Å². The Labute approximate surface area is 150 Å². The van der Waals surface area contributed by atoms with Gasteiger partial charge in [0.25, 0.3) is 0 Å². The summed E-state index contributed by atoms with van der Waals surface area (Å²) in [5, 5.41) is 8.26.